The van der Waals surface area contributed by atoms with E-state index in [1.165, 1.54) is 10.6 Å². The maximum absolute atomic E-state index is 11.9. The molecule has 100 valence electrons. The molecule has 1 fully saturated rings. The van der Waals surface area contributed by atoms with Gasteiger partial charge in [-0.05, 0) is 25.5 Å². The minimum atomic E-state index is -3.07. The van der Waals surface area contributed by atoms with Gasteiger partial charge in [-0.25, -0.2) is 12.7 Å². The Labute approximate surface area is 107 Å². The second kappa shape index (κ2) is 4.51. The molecule has 0 aromatic carbocycles. The Bertz CT molecular complexity index is 613. The average molecular weight is 270 g/mol. The van der Waals surface area contributed by atoms with Crippen molar-refractivity contribution in [2.24, 2.45) is 5.92 Å². The molecule has 0 saturated carbocycles. The van der Waals surface area contributed by atoms with Crippen molar-refractivity contribution in [2.45, 2.75) is 20.4 Å². The normalized spacial score (nSPS) is 17.7. The van der Waals surface area contributed by atoms with Gasteiger partial charge in [-0.1, -0.05) is 0 Å². The van der Waals surface area contributed by atoms with Crippen molar-refractivity contribution in [1.29, 1.82) is 0 Å². The lowest BCUT2D eigenvalue weighted by Gasteiger charge is -2.37. The quantitative estimate of drug-likeness (QED) is 0.796. The van der Waals surface area contributed by atoms with Crippen molar-refractivity contribution in [3.05, 3.63) is 33.7 Å². The first-order chi connectivity index (χ1) is 8.27. The summed E-state index contributed by atoms with van der Waals surface area (Å²) in [6.07, 6.45) is 3.05. The number of nitrogens with zero attached hydrogens (tertiary/aromatic N) is 2. The lowest BCUT2D eigenvalue weighted by molar-refractivity contribution is 0.179. The van der Waals surface area contributed by atoms with E-state index < -0.39 is 10.0 Å². The number of hydrogen-bond acceptors (Lipinski definition) is 3. The summed E-state index contributed by atoms with van der Waals surface area (Å²) in [5.74, 6) is 0.235. The zero-order chi connectivity index (χ0) is 13.5. The minimum absolute atomic E-state index is 0.0124. The maximum atomic E-state index is 11.9. The van der Waals surface area contributed by atoms with Crippen LogP contribution in [0.25, 0.3) is 0 Å². The first-order valence-electron chi connectivity index (χ1n) is 5.90. The number of aromatic nitrogens is 1. The van der Waals surface area contributed by atoms with Gasteiger partial charge in [0.1, 0.15) is 0 Å². The van der Waals surface area contributed by atoms with Crippen LogP contribution < -0.4 is 5.56 Å². The largest absolute Gasteiger partial charge is 0.315 e. The topological polar surface area (TPSA) is 59.4 Å². The third-order valence-electron chi connectivity index (χ3n) is 3.25. The molecule has 1 aliphatic heterocycles. The molecule has 0 spiro atoms. The van der Waals surface area contributed by atoms with Gasteiger partial charge in [0.15, 0.2) is 0 Å². The Hall–Kier alpha value is -1.14. The highest BCUT2D eigenvalue weighted by Crippen LogP contribution is 2.20. The third-order valence-corrected chi connectivity index (χ3v) is 4.49. The van der Waals surface area contributed by atoms with Crippen molar-refractivity contribution in [3.8, 4) is 0 Å². The summed E-state index contributed by atoms with van der Waals surface area (Å²) in [4.78, 5) is 11.9. The van der Waals surface area contributed by atoms with Crippen molar-refractivity contribution in [1.82, 2.24) is 8.87 Å². The summed E-state index contributed by atoms with van der Waals surface area (Å²) in [6, 6.07) is 1.86. The molecule has 5 nitrogen and oxygen atoms in total. The fourth-order valence-electron chi connectivity index (χ4n) is 2.29. The van der Waals surface area contributed by atoms with Crippen LogP contribution in [0.4, 0.5) is 0 Å². The van der Waals surface area contributed by atoms with E-state index in [0.717, 1.165) is 11.1 Å². The summed E-state index contributed by atoms with van der Waals surface area (Å²) < 4.78 is 25.6. The monoisotopic (exact) mass is 270 g/mol. The summed E-state index contributed by atoms with van der Waals surface area (Å²) >= 11 is 0. The van der Waals surface area contributed by atoms with Gasteiger partial charge < -0.3 is 4.57 Å². The fraction of sp³-hybridized carbons (Fsp3) is 0.583. The summed E-state index contributed by atoms with van der Waals surface area (Å²) in [6.45, 7) is 5.37. The minimum Gasteiger partial charge on any atom is -0.315 e. The summed E-state index contributed by atoms with van der Waals surface area (Å²) in [7, 11) is -3.07. The highest BCUT2D eigenvalue weighted by molar-refractivity contribution is 7.88. The van der Waals surface area contributed by atoms with Gasteiger partial charge in [-0.2, -0.15) is 0 Å². The molecule has 0 amide bonds. The Morgan fingerprint density at radius 3 is 2.50 bits per heavy atom. The van der Waals surface area contributed by atoms with E-state index >= 15 is 0 Å². The molecule has 0 aliphatic carbocycles. The molecule has 0 radical (unpaired) electrons. The Kier molecular flexibility index (Phi) is 3.33. The molecule has 2 rings (SSSR count). The molecule has 1 aromatic rings. The lowest BCUT2D eigenvalue weighted by atomic mass is 10.0. The Morgan fingerprint density at radius 2 is 1.94 bits per heavy atom. The van der Waals surface area contributed by atoms with E-state index in [0.29, 0.717) is 19.6 Å². The fourth-order valence-corrected chi connectivity index (χ4v) is 3.26. The summed E-state index contributed by atoms with van der Waals surface area (Å²) in [5.41, 5.74) is 1.79. The van der Waals surface area contributed by atoms with Crippen molar-refractivity contribution < 1.29 is 8.42 Å². The molecule has 18 heavy (non-hydrogen) atoms. The molecular formula is C12H18N2O3S. The molecule has 0 N–H and O–H groups in total. The van der Waals surface area contributed by atoms with E-state index in [-0.39, 0.29) is 11.5 Å². The Morgan fingerprint density at radius 1 is 1.33 bits per heavy atom. The van der Waals surface area contributed by atoms with E-state index in [1.54, 1.807) is 11.5 Å². The second-order valence-electron chi connectivity index (χ2n) is 5.10. The summed E-state index contributed by atoms with van der Waals surface area (Å²) in [5, 5.41) is 0. The van der Waals surface area contributed by atoms with Crippen LogP contribution in [0.1, 0.15) is 11.1 Å². The highest BCUT2D eigenvalue weighted by Gasteiger charge is 2.33. The maximum Gasteiger partial charge on any atom is 0.253 e. The van der Waals surface area contributed by atoms with E-state index in [1.807, 2.05) is 19.2 Å². The number of rotatable bonds is 3. The number of hydrogen-bond donors (Lipinski definition) is 0. The molecule has 1 aliphatic rings. The Balaban J connectivity index is 2.07. The predicted molar refractivity (Wildman–Crippen MR) is 70.1 cm³/mol. The van der Waals surface area contributed by atoms with Crippen LogP contribution in [0.15, 0.2) is 17.1 Å². The van der Waals surface area contributed by atoms with Crippen LogP contribution >= 0.6 is 0 Å². The lowest BCUT2D eigenvalue weighted by Crippen LogP contribution is -2.51. The van der Waals surface area contributed by atoms with Gasteiger partial charge in [0, 0.05) is 37.3 Å². The van der Waals surface area contributed by atoms with Gasteiger partial charge in [-0.15, -0.1) is 0 Å². The average Bonchev–Trinajstić information content (AvgIpc) is 2.15. The van der Waals surface area contributed by atoms with Crippen LogP contribution in [0.5, 0.6) is 0 Å². The van der Waals surface area contributed by atoms with Crippen molar-refractivity contribution in [2.75, 3.05) is 19.3 Å². The smallest absolute Gasteiger partial charge is 0.253 e. The van der Waals surface area contributed by atoms with Crippen molar-refractivity contribution >= 4 is 10.0 Å². The van der Waals surface area contributed by atoms with E-state index in [2.05, 4.69) is 0 Å². The third kappa shape index (κ3) is 2.64. The van der Waals surface area contributed by atoms with Crippen LogP contribution in [-0.4, -0.2) is 36.6 Å². The molecule has 0 atom stereocenters. The van der Waals surface area contributed by atoms with E-state index in [9.17, 15) is 13.2 Å². The van der Waals surface area contributed by atoms with Crippen LogP contribution in [0.2, 0.25) is 0 Å². The molecule has 1 aromatic heterocycles. The van der Waals surface area contributed by atoms with Crippen LogP contribution in [-0.2, 0) is 16.6 Å². The SMILES string of the molecule is Cc1cc(C)c(=O)n(CC2CN(S(C)(=O)=O)C2)c1. The van der Waals surface area contributed by atoms with Gasteiger partial charge in [0.2, 0.25) is 10.0 Å². The zero-order valence-electron chi connectivity index (χ0n) is 10.9. The van der Waals surface area contributed by atoms with Gasteiger partial charge >= 0.3 is 0 Å². The number of aryl methyl sites for hydroxylation is 2. The molecule has 0 unspecified atom stereocenters. The second-order valence-corrected chi connectivity index (χ2v) is 7.09. The van der Waals surface area contributed by atoms with Crippen molar-refractivity contribution in [3.63, 3.8) is 0 Å². The van der Waals surface area contributed by atoms with Gasteiger partial charge in [0.25, 0.3) is 5.56 Å². The molecule has 6 heteroatoms. The first kappa shape index (κ1) is 13.3. The highest BCUT2D eigenvalue weighted by atomic mass is 32.2. The molecule has 0 bridgehead atoms. The first-order valence-corrected chi connectivity index (χ1v) is 7.75. The molecule has 2 heterocycles. The van der Waals surface area contributed by atoms with Crippen LogP contribution in [0.3, 0.4) is 0 Å². The molecular weight excluding hydrogens is 252 g/mol. The predicted octanol–water partition coefficient (Wildman–Crippen LogP) is 0.357. The molecule has 1 saturated heterocycles. The zero-order valence-corrected chi connectivity index (χ0v) is 11.7. The standard InChI is InChI=1S/C12H18N2O3S/c1-9-4-10(2)12(15)13(5-9)6-11-7-14(8-11)18(3,16)17/h4-5,11H,6-8H2,1-3H3. The van der Waals surface area contributed by atoms with Gasteiger partial charge in [0.05, 0.1) is 6.26 Å². The van der Waals surface area contributed by atoms with E-state index in [4.69, 9.17) is 0 Å². The van der Waals surface area contributed by atoms with Gasteiger partial charge in [-0.3, -0.25) is 4.79 Å². The number of pyridine rings is 1. The number of sulfonamides is 1. The van der Waals surface area contributed by atoms with Crippen LogP contribution in [0, 0.1) is 19.8 Å².